The van der Waals surface area contributed by atoms with Gasteiger partial charge in [0.1, 0.15) is 15.6 Å². The van der Waals surface area contributed by atoms with E-state index in [4.69, 9.17) is 5.73 Å². The number of aryl methyl sites for hydroxylation is 1. The van der Waals surface area contributed by atoms with Crippen molar-refractivity contribution in [1.29, 1.82) is 0 Å². The lowest BCUT2D eigenvalue weighted by atomic mass is 10.3. The summed E-state index contributed by atoms with van der Waals surface area (Å²) in [6, 6.07) is 8.93. The van der Waals surface area contributed by atoms with Crippen molar-refractivity contribution in [3.05, 3.63) is 47.2 Å². The molecule has 3 aromatic rings. The quantitative estimate of drug-likeness (QED) is 0.743. The zero-order chi connectivity index (χ0) is 17.5. The van der Waals surface area contributed by atoms with E-state index in [2.05, 4.69) is 4.98 Å². The van der Waals surface area contributed by atoms with Crippen molar-refractivity contribution < 1.29 is 13.2 Å². The molecule has 0 atom stereocenters. The number of primary amides is 1. The van der Waals surface area contributed by atoms with Crippen molar-refractivity contribution in [2.24, 2.45) is 12.8 Å². The van der Waals surface area contributed by atoms with Crippen molar-refractivity contribution in [2.45, 2.75) is 11.4 Å². The van der Waals surface area contributed by atoms with Gasteiger partial charge >= 0.3 is 0 Å². The Balaban J connectivity index is 1.88. The van der Waals surface area contributed by atoms with E-state index in [0.717, 1.165) is 10.2 Å². The maximum Gasteiger partial charge on any atom is 0.265 e. The van der Waals surface area contributed by atoms with Gasteiger partial charge in [-0.25, -0.2) is 13.4 Å². The Kier molecular flexibility index (Phi) is 4.16. The summed E-state index contributed by atoms with van der Waals surface area (Å²) < 4.78 is 29.0. The standard InChI is InChI=1S/C15H16N4O3S2/c1-18-8-10(7-12(18)15(16)20)24(21,22)19(2)9-14-17-11-5-3-4-6-13(11)23-14/h3-8H,9H2,1-2H3,(H2,16,20). The molecule has 0 aliphatic heterocycles. The van der Waals surface area contributed by atoms with Crippen LogP contribution in [0, 0.1) is 0 Å². The molecular formula is C15H16N4O3S2. The molecule has 0 fully saturated rings. The molecule has 0 bridgehead atoms. The number of rotatable bonds is 5. The first kappa shape index (κ1) is 16.6. The van der Waals surface area contributed by atoms with Crippen molar-refractivity contribution in [2.75, 3.05) is 7.05 Å². The Morgan fingerprint density at radius 2 is 2.08 bits per heavy atom. The third-order valence-corrected chi connectivity index (χ3v) is 6.43. The monoisotopic (exact) mass is 364 g/mol. The minimum atomic E-state index is -3.74. The number of hydrogen-bond donors (Lipinski definition) is 1. The number of carbonyl (C=O) groups excluding carboxylic acids is 1. The number of aromatic nitrogens is 2. The Morgan fingerprint density at radius 3 is 2.71 bits per heavy atom. The molecule has 2 N–H and O–H groups in total. The molecule has 0 radical (unpaired) electrons. The number of amides is 1. The molecule has 24 heavy (non-hydrogen) atoms. The van der Waals surface area contributed by atoms with Gasteiger partial charge in [0.25, 0.3) is 5.91 Å². The third-order valence-electron chi connectivity index (χ3n) is 3.64. The lowest BCUT2D eigenvalue weighted by Crippen LogP contribution is -2.26. The number of para-hydroxylation sites is 1. The highest BCUT2D eigenvalue weighted by Gasteiger charge is 2.25. The maximum atomic E-state index is 12.7. The average molecular weight is 364 g/mol. The third kappa shape index (κ3) is 2.93. The Labute approximate surface area is 143 Å². The van der Waals surface area contributed by atoms with Crippen molar-refractivity contribution in [3.63, 3.8) is 0 Å². The number of benzene rings is 1. The van der Waals surface area contributed by atoms with E-state index in [1.54, 1.807) is 7.05 Å². The first-order valence-electron chi connectivity index (χ1n) is 7.06. The van der Waals surface area contributed by atoms with E-state index in [1.165, 1.54) is 39.5 Å². The van der Waals surface area contributed by atoms with Gasteiger partial charge < -0.3 is 10.3 Å². The number of carbonyl (C=O) groups is 1. The molecule has 9 heteroatoms. The topological polar surface area (TPSA) is 98.3 Å². The number of nitrogens with two attached hydrogens (primary N) is 1. The first-order chi connectivity index (χ1) is 11.3. The highest BCUT2D eigenvalue weighted by molar-refractivity contribution is 7.89. The number of hydrogen-bond acceptors (Lipinski definition) is 5. The molecule has 7 nitrogen and oxygen atoms in total. The molecule has 0 aliphatic rings. The van der Waals surface area contributed by atoms with E-state index >= 15 is 0 Å². The molecule has 0 spiro atoms. The van der Waals surface area contributed by atoms with E-state index in [1.807, 2.05) is 24.3 Å². The molecule has 0 aliphatic carbocycles. The fourth-order valence-corrected chi connectivity index (χ4v) is 4.67. The van der Waals surface area contributed by atoms with Crippen LogP contribution >= 0.6 is 11.3 Å². The van der Waals surface area contributed by atoms with Crippen LogP contribution in [0.5, 0.6) is 0 Å². The summed E-state index contributed by atoms with van der Waals surface area (Å²) in [6.45, 7) is 0.155. The van der Waals surface area contributed by atoms with Gasteiger partial charge in [-0.1, -0.05) is 12.1 Å². The predicted octanol–water partition coefficient (Wildman–Crippen LogP) is 1.55. The van der Waals surface area contributed by atoms with Crippen molar-refractivity contribution in [1.82, 2.24) is 13.9 Å². The summed E-state index contributed by atoms with van der Waals surface area (Å²) in [4.78, 5) is 15.8. The van der Waals surface area contributed by atoms with Crippen LogP contribution in [0.15, 0.2) is 41.4 Å². The van der Waals surface area contributed by atoms with Crippen LogP contribution in [-0.4, -0.2) is 35.2 Å². The van der Waals surface area contributed by atoms with Gasteiger partial charge in [0.05, 0.1) is 16.8 Å². The molecule has 126 valence electrons. The second kappa shape index (κ2) is 6.00. The molecule has 2 aromatic heterocycles. The van der Waals surface area contributed by atoms with Gasteiger partial charge in [-0.05, 0) is 18.2 Å². The van der Waals surface area contributed by atoms with Gasteiger partial charge in [-0.2, -0.15) is 4.31 Å². The zero-order valence-electron chi connectivity index (χ0n) is 13.1. The lowest BCUT2D eigenvalue weighted by Gasteiger charge is -2.14. The maximum absolute atomic E-state index is 12.7. The van der Waals surface area contributed by atoms with Crippen LogP contribution in [0.4, 0.5) is 0 Å². The minimum Gasteiger partial charge on any atom is -0.364 e. The van der Waals surface area contributed by atoms with Crippen LogP contribution in [0.1, 0.15) is 15.5 Å². The summed E-state index contributed by atoms with van der Waals surface area (Å²) in [5, 5.41) is 0.702. The van der Waals surface area contributed by atoms with Gasteiger partial charge in [0.15, 0.2) is 0 Å². The molecule has 2 heterocycles. The first-order valence-corrected chi connectivity index (χ1v) is 9.31. The smallest absolute Gasteiger partial charge is 0.265 e. The summed E-state index contributed by atoms with van der Waals surface area (Å²) in [5.41, 5.74) is 6.22. The Morgan fingerprint density at radius 1 is 1.38 bits per heavy atom. The van der Waals surface area contributed by atoms with E-state index in [0.29, 0.717) is 5.01 Å². The minimum absolute atomic E-state index is 0.0300. The average Bonchev–Trinajstić information content (AvgIpc) is 3.10. The second-order valence-electron chi connectivity index (χ2n) is 5.37. The molecule has 0 unspecified atom stereocenters. The normalized spacial score (nSPS) is 12.1. The van der Waals surface area contributed by atoms with Gasteiger partial charge in [-0.3, -0.25) is 4.79 Å². The van der Waals surface area contributed by atoms with Gasteiger partial charge in [0, 0.05) is 20.3 Å². The number of fused-ring (bicyclic) bond motifs is 1. The highest BCUT2D eigenvalue weighted by atomic mass is 32.2. The van der Waals surface area contributed by atoms with Crippen molar-refractivity contribution >= 4 is 37.5 Å². The molecule has 3 rings (SSSR count). The highest BCUT2D eigenvalue weighted by Crippen LogP contribution is 2.25. The van der Waals surface area contributed by atoms with Crippen LogP contribution in [0.25, 0.3) is 10.2 Å². The van der Waals surface area contributed by atoms with E-state index in [-0.39, 0.29) is 17.1 Å². The molecule has 0 saturated carbocycles. The molecule has 1 amide bonds. The SMILES string of the molecule is CN(Cc1nc2ccccc2s1)S(=O)(=O)c1cc(C(N)=O)n(C)c1. The van der Waals surface area contributed by atoms with E-state index in [9.17, 15) is 13.2 Å². The summed E-state index contributed by atoms with van der Waals surface area (Å²) in [5.74, 6) is -0.673. The fraction of sp³-hybridized carbons (Fsp3) is 0.200. The molecular weight excluding hydrogens is 348 g/mol. The molecule has 0 saturated heterocycles. The van der Waals surface area contributed by atoms with Crippen molar-refractivity contribution in [3.8, 4) is 0 Å². The molecule has 1 aromatic carbocycles. The number of nitrogens with zero attached hydrogens (tertiary/aromatic N) is 3. The Bertz CT molecular complexity index is 987. The zero-order valence-corrected chi connectivity index (χ0v) is 14.8. The van der Waals surface area contributed by atoms with Gasteiger partial charge in [-0.15, -0.1) is 11.3 Å². The number of sulfonamides is 1. The lowest BCUT2D eigenvalue weighted by molar-refractivity contribution is 0.0992. The summed E-state index contributed by atoms with van der Waals surface area (Å²) in [7, 11) is -0.678. The van der Waals surface area contributed by atoms with Crippen LogP contribution < -0.4 is 5.73 Å². The number of thiazole rings is 1. The predicted molar refractivity (Wildman–Crippen MR) is 92.2 cm³/mol. The van der Waals surface area contributed by atoms with Gasteiger partial charge in [0.2, 0.25) is 10.0 Å². The van der Waals surface area contributed by atoms with E-state index < -0.39 is 15.9 Å². The van der Waals surface area contributed by atoms with Crippen LogP contribution in [0.2, 0.25) is 0 Å². The van der Waals surface area contributed by atoms with Crippen LogP contribution in [0.3, 0.4) is 0 Å². The Hall–Kier alpha value is -2.23. The fourth-order valence-electron chi connectivity index (χ4n) is 2.36. The second-order valence-corrected chi connectivity index (χ2v) is 8.53. The largest absolute Gasteiger partial charge is 0.364 e. The summed E-state index contributed by atoms with van der Waals surface area (Å²) >= 11 is 1.45. The summed E-state index contributed by atoms with van der Waals surface area (Å²) in [6.07, 6.45) is 1.38. The van der Waals surface area contributed by atoms with Crippen LogP contribution in [-0.2, 0) is 23.6 Å².